The first kappa shape index (κ1) is 22.2. The Morgan fingerprint density at radius 3 is 2.34 bits per heavy atom. The first-order chi connectivity index (χ1) is 15.5. The molecule has 0 atom stereocenters. The topological polar surface area (TPSA) is 70.9 Å². The first-order valence-corrected chi connectivity index (χ1v) is 11.2. The summed E-state index contributed by atoms with van der Waals surface area (Å²) in [6, 6.07) is 9.98. The summed E-state index contributed by atoms with van der Waals surface area (Å²) in [4.78, 5) is 31.0. The van der Waals surface area contributed by atoms with E-state index in [1.165, 1.54) is 0 Å². The molecular formula is C24H31N5O3. The van der Waals surface area contributed by atoms with Gasteiger partial charge in [-0.25, -0.2) is 4.68 Å². The molecule has 2 saturated heterocycles. The van der Waals surface area contributed by atoms with Crippen molar-refractivity contribution in [2.45, 2.75) is 13.8 Å². The number of ether oxygens (including phenoxy) is 1. The maximum Gasteiger partial charge on any atom is 0.246 e. The molecule has 1 aromatic heterocycles. The van der Waals surface area contributed by atoms with E-state index in [9.17, 15) is 9.59 Å². The van der Waals surface area contributed by atoms with Gasteiger partial charge >= 0.3 is 0 Å². The van der Waals surface area contributed by atoms with Crippen LogP contribution in [-0.4, -0.2) is 95.3 Å². The minimum atomic E-state index is -0.00424. The van der Waals surface area contributed by atoms with Gasteiger partial charge in [0.25, 0.3) is 0 Å². The Kier molecular flexibility index (Phi) is 7.02. The molecule has 0 bridgehead atoms. The Morgan fingerprint density at radius 1 is 0.969 bits per heavy atom. The molecule has 2 aromatic rings. The quantitative estimate of drug-likeness (QED) is 0.663. The van der Waals surface area contributed by atoms with Crippen LogP contribution in [0.5, 0.6) is 0 Å². The largest absolute Gasteiger partial charge is 0.378 e. The third-order valence-electron chi connectivity index (χ3n) is 6.15. The molecule has 3 heterocycles. The van der Waals surface area contributed by atoms with Gasteiger partial charge in [-0.1, -0.05) is 18.2 Å². The van der Waals surface area contributed by atoms with Gasteiger partial charge in [0.2, 0.25) is 11.8 Å². The number of carbonyl (C=O) groups excluding carboxylic acids is 2. The highest BCUT2D eigenvalue weighted by atomic mass is 16.5. The average Bonchev–Trinajstić information content (AvgIpc) is 3.12. The van der Waals surface area contributed by atoms with Gasteiger partial charge in [-0.3, -0.25) is 14.5 Å². The SMILES string of the molecule is Cc1nn(-c2ccccc2)c(C)c1C=CC(=O)N1CCN(CC(=O)N2CCOCC2)CC1. The van der Waals surface area contributed by atoms with Crippen molar-refractivity contribution in [1.29, 1.82) is 0 Å². The summed E-state index contributed by atoms with van der Waals surface area (Å²) in [6.07, 6.45) is 3.51. The molecule has 0 spiro atoms. The highest BCUT2D eigenvalue weighted by Crippen LogP contribution is 2.19. The Balaban J connectivity index is 1.31. The van der Waals surface area contributed by atoms with Crippen molar-refractivity contribution in [3.63, 3.8) is 0 Å². The number of piperazine rings is 1. The first-order valence-electron chi connectivity index (χ1n) is 11.2. The summed E-state index contributed by atoms with van der Waals surface area (Å²) >= 11 is 0. The van der Waals surface area contributed by atoms with Gasteiger partial charge in [0.15, 0.2) is 0 Å². The number of para-hydroxylation sites is 1. The van der Waals surface area contributed by atoms with Crippen molar-refractivity contribution in [3.05, 3.63) is 53.4 Å². The Morgan fingerprint density at radius 2 is 1.66 bits per heavy atom. The lowest BCUT2D eigenvalue weighted by molar-refractivity contribution is -0.137. The van der Waals surface area contributed by atoms with Crippen molar-refractivity contribution in [2.24, 2.45) is 0 Å². The molecule has 0 radical (unpaired) electrons. The molecule has 2 aliphatic heterocycles. The highest BCUT2D eigenvalue weighted by molar-refractivity contribution is 5.92. The number of rotatable bonds is 5. The van der Waals surface area contributed by atoms with E-state index in [0.29, 0.717) is 59.0 Å². The number of morpholine rings is 1. The van der Waals surface area contributed by atoms with Crippen LogP contribution in [0.2, 0.25) is 0 Å². The van der Waals surface area contributed by atoms with Gasteiger partial charge in [0.05, 0.1) is 31.1 Å². The van der Waals surface area contributed by atoms with Gasteiger partial charge in [-0.15, -0.1) is 0 Å². The van der Waals surface area contributed by atoms with Crippen LogP contribution in [0.3, 0.4) is 0 Å². The summed E-state index contributed by atoms with van der Waals surface area (Å²) in [5, 5.41) is 4.64. The Bertz CT molecular complexity index is 971. The highest BCUT2D eigenvalue weighted by Gasteiger charge is 2.24. The standard InChI is InChI=1S/C24H31N5O3/c1-19-22(20(2)29(25-19)21-6-4-3-5-7-21)8-9-23(30)27-12-10-26(11-13-27)18-24(31)28-14-16-32-17-15-28/h3-9H,10-18H2,1-2H3. The van der Waals surface area contributed by atoms with Gasteiger partial charge in [-0.05, 0) is 32.1 Å². The van der Waals surface area contributed by atoms with Crippen molar-refractivity contribution < 1.29 is 14.3 Å². The number of nitrogens with zero attached hydrogens (tertiary/aromatic N) is 5. The lowest BCUT2D eigenvalue weighted by atomic mass is 10.1. The summed E-state index contributed by atoms with van der Waals surface area (Å²) < 4.78 is 7.22. The molecule has 1 aromatic carbocycles. The van der Waals surface area contributed by atoms with Crippen molar-refractivity contribution in [2.75, 3.05) is 59.0 Å². The van der Waals surface area contributed by atoms with Gasteiger partial charge in [-0.2, -0.15) is 5.10 Å². The van der Waals surface area contributed by atoms with E-state index < -0.39 is 0 Å². The second kappa shape index (κ2) is 10.1. The van der Waals surface area contributed by atoms with Crippen LogP contribution >= 0.6 is 0 Å². The van der Waals surface area contributed by atoms with Crippen LogP contribution in [0.15, 0.2) is 36.4 Å². The molecule has 4 rings (SSSR count). The van der Waals surface area contributed by atoms with E-state index in [4.69, 9.17) is 4.74 Å². The molecule has 2 amide bonds. The Hall–Kier alpha value is -2.97. The average molecular weight is 438 g/mol. The number of amides is 2. The van der Waals surface area contributed by atoms with Crippen molar-refractivity contribution >= 4 is 17.9 Å². The number of hydrogen-bond donors (Lipinski definition) is 0. The Labute approximate surface area is 189 Å². The summed E-state index contributed by atoms with van der Waals surface area (Å²) in [6.45, 7) is 9.62. The molecule has 8 heteroatoms. The molecule has 2 fully saturated rings. The number of carbonyl (C=O) groups is 2. The van der Waals surface area contributed by atoms with Gasteiger partial charge < -0.3 is 14.5 Å². The van der Waals surface area contributed by atoms with Crippen LogP contribution in [0, 0.1) is 13.8 Å². The fourth-order valence-electron chi connectivity index (χ4n) is 4.21. The lowest BCUT2D eigenvalue weighted by Gasteiger charge is -2.35. The number of benzene rings is 1. The van der Waals surface area contributed by atoms with E-state index >= 15 is 0 Å². The maximum absolute atomic E-state index is 12.8. The molecule has 0 aliphatic carbocycles. The fourth-order valence-corrected chi connectivity index (χ4v) is 4.21. The van der Waals surface area contributed by atoms with E-state index in [-0.39, 0.29) is 11.8 Å². The van der Waals surface area contributed by atoms with Crippen LogP contribution in [0.4, 0.5) is 0 Å². The zero-order valence-electron chi connectivity index (χ0n) is 18.9. The third kappa shape index (κ3) is 5.08. The second-order valence-electron chi connectivity index (χ2n) is 8.26. The van der Waals surface area contributed by atoms with E-state index in [1.807, 2.05) is 64.7 Å². The minimum Gasteiger partial charge on any atom is -0.378 e. The molecule has 32 heavy (non-hydrogen) atoms. The summed E-state index contributed by atoms with van der Waals surface area (Å²) in [5.74, 6) is 0.143. The van der Waals surface area contributed by atoms with Crippen molar-refractivity contribution in [3.8, 4) is 5.69 Å². The zero-order chi connectivity index (χ0) is 22.5. The molecule has 170 valence electrons. The molecular weight excluding hydrogens is 406 g/mol. The van der Waals surface area contributed by atoms with Crippen molar-refractivity contribution in [1.82, 2.24) is 24.5 Å². The normalized spacial score (nSPS) is 17.8. The molecule has 0 N–H and O–H groups in total. The molecule has 0 unspecified atom stereocenters. The van der Waals surface area contributed by atoms with Gasteiger partial charge in [0.1, 0.15) is 0 Å². The zero-order valence-corrected chi connectivity index (χ0v) is 18.9. The van der Waals surface area contributed by atoms with Crippen LogP contribution < -0.4 is 0 Å². The maximum atomic E-state index is 12.8. The number of hydrogen-bond acceptors (Lipinski definition) is 5. The summed E-state index contributed by atoms with van der Waals surface area (Å²) in [7, 11) is 0. The van der Waals surface area contributed by atoms with E-state index in [1.54, 1.807) is 6.08 Å². The van der Waals surface area contributed by atoms with Crippen LogP contribution in [0.25, 0.3) is 11.8 Å². The number of aromatic nitrogens is 2. The molecule has 0 saturated carbocycles. The summed E-state index contributed by atoms with van der Waals surface area (Å²) in [5.41, 5.74) is 3.87. The van der Waals surface area contributed by atoms with E-state index in [0.717, 1.165) is 22.6 Å². The molecule has 2 aliphatic rings. The smallest absolute Gasteiger partial charge is 0.246 e. The lowest BCUT2D eigenvalue weighted by Crippen LogP contribution is -2.52. The predicted molar refractivity (Wildman–Crippen MR) is 122 cm³/mol. The third-order valence-corrected chi connectivity index (χ3v) is 6.15. The van der Waals surface area contributed by atoms with Crippen LogP contribution in [0.1, 0.15) is 17.0 Å². The van der Waals surface area contributed by atoms with Crippen LogP contribution in [-0.2, 0) is 14.3 Å². The predicted octanol–water partition coefficient (Wildman–Crippen LogP) is 1.51. The van der Waals surface area contributed by atoms with E-state index in [2.05, 4.69) is 10.00 Å². The number of aryl methyl sites for hydroxylation is 1. The molecule has 8 nitrogen and oxygen atoms in total. The van der Waals surface area contributed by atoms with Gasteiger partial charge in [0, 0.05) is 56.6 Å². The monoisotopic (exact) mass is 437 g/mol. The fraction of sp³-hybridized carbons (Fsp3) is 0.458. The second-order valence-corrected chi connectivity index (χ2v) is 8.26. The minimum absolute atomic E-state index is 0.00424.